The van der Waals surface area contributed by atoms with Crippen LogP contribution in [0.4, 0.5) is 0 Å². The third kappa shape index (κ3) is 3.98. The summed E-state index contributed by atoms with van der Waals surface area (Å²) < 4.78 is 32.8. The standard InChI is InChI=1S/C12H22N2O3S2/c1-8(5-6-18-4)14-19(15,16)12-10(3)17-9(2)11(12)7-13/h8,14H,5-7,13H2,1-4H3. The normalized spacial score (nSPS) is 13.7. The van der Waals surface area contributed by atoms with Crippen LogP contribution in [0.25, 0.3) is 0 Å². The number of aryl methyl sites for hydroxylation is 2. The molecule has 0 fully saturated rings. The van der Waals surface area contributed by atoms with Crippen molar-refractivity contribution in [2.45, 2.75) is 44.7 Å². The van der Waals surface area contributed by atoms with Crippen molar-refractivity contribution in [3.63, 3.8) is 0 Å². The first kappa shape index (κ1) is 16.6. The van der Waals surface area contributed by atoms with E-state index in [-0.39, 0.29) is 17.5 Å². The molecule has 1 unspecified atom stereocenters. The van der Waals surface area contributed by atoms with Crippen molar-refractivity contribution in [3.05, 3.63) is 17.1 Å². The van der Waals surface area contributed by atoms with Gasteiger partial charge in [-0.2, -0.15) is 11.8 Å². The highest BCUT2D eigenvalue weighted by atomic mass is 32.2. The number of hydrogen-bond acceptors (Lipinski definition) is 5. The van der Waals surface area contributed by atoms with Crippen molar-refractivity contribution in [2.75, 3.05) is 12.0 Å². The molecule has 0 radical (unpaired) electrons. The van der Waals surface area contributed by atoms with Gasteiger partial charge in [0.05, 0.1) is 0 Å². The Morgan fingerprint density at radius 1 is 1.37 bits per heavy atom. The van der Waals surface area contributed by atoms with E-state index in [9.17, 15) is 8.42 Å². The van der Waals surface area contributed by atoms with Crippen LogP contribution in [0.5, 0.6) is 0 Å². The first-order valence-corrected chi connectivity index (χ1v) is 9.01. The lowest BCUT2D eigenvalue weighted by Crippen LogP contribution is -2.33. The van der Waals surface area contributed by atoms with Gasteiger partial charge in [-0.15, -0.1) is 0 Å². The number of thioether (sulfide) groups is 1. The lowest BCUT2D eigenvalue weighted by molar-refractivity contribution is 0.493. The molecule has 1 heterocycles. The predicted molar refractivity (Wildman–Crippen MR) is 78.9 cm³/mol. The fraction of sp³-hybridized carbons (Fsp3) is 0.667. The number of hydrogen-bond donors (Lipinski definition) is 2. The summed E-state index contributed by atoms with van der Waals surface area (Å²) in [5.74, 6) is 1.87. The number of nitrogens with one attached hydrogen (secondary N) is 1. The molecule has 7 heteroatoms. The van der Waals surface area contributed by atoms with Crippen molar-refractivity contribution >= 4 is 21.8 Å². The Hall–Kier alpha value is -0.500. The van der Waals surface area contributed by atoms with Crippen molar-refractivity contribution < 1.29 is 12.8 Å². The molecule has 0 aliphatic carbocycles. The fourth-order valence-corrected chi connectivity index (χ4v) is 4.30. The molecule has 0 bridgehead atoms. The summed E-state index contributed by atoms with van der Waals surface area (Å²) >= 11 is 1.69. The highest BCUT2D eigenvalue weighted by Gasteiger charge is 2.27. The number of sulfonamides is 1. The molecule has 1 aromatic heterocycles. The molecule has 0 saturated carbocycles. The van der Waals surface area contributed by atoms with Crippen molar-refractivity contribution in [3.8, 4) is 0 Å². The average molecular weight is 306 g/mol. The third-order valence-electron chi connectivity index (χ3n) is 2.91. The predicted octanol–water partition coefficient (Wildman–Crippen LogP) is 1.78. The summed E-state index contributed by atoms with van der Waals surface area (Å²) in [6.45, 7) is 5.38. The van der Waals surface area contributed by atoms with Crippen LogP contribution in [0.2, 0.25) is 0 Å². The highest BCUT2D eigenvalue weighted by Crippen LogP contribution is 2.26. The number of furan rings is 1. The third-order valence-corrected chi connectivity index (χ3v) is 5.34. The van der Waals surface area contributed by atoms with Gasteiger partial charge in [0.25, 0.3) is 0 Å². The van der Waals surface area contributed by atoms with Gasteiger partial charge in [-0.25, -0.2) is 13.1 Å². The molecule has 0 saturated heterocycles. The maximum absolute atomic E-state index is 12.4. The molecule has 1 rings (SSSR count). The lowest BCUT2D eigenvalue weighted by Gasteiger charge is -2.14. The van der Waals surface area contributed by atoms with Gasteiger partial charge in [0.15, 0.2) is 0 Å². The molecule has 1 atom stereocenters. The molecule has 110 valence electrons. The summed E-state index contributed by atoms with van der Waals surface area (Å²) in [6, 6.07) is -0.113. The molecule has 3 N–H and O–H groups in total. The van der Waals surface area contributed by atoms with E-state index in [2.05, 4.69) is 4.72 Å². The quantitative estimate of drug-likeness (QED) is 0.802. The van der Waals surface area contributed by atoms with Crippen LogP contribution in [0.1, 0.15) is 30.4 Å². The van der Waals surface area contributed by atoms with Crippen LogP contribution in [0.3, 0.4) is 0 Å². The Morgan fingerprint density at radius 3 is 2.53 bits per heavy atom. The van der Waals surface area contributed by atoms with E-state index < -0.39 is 10.0 Å². The second-order valence-corrected chi connectivity index (χ2v) is 7.17. The lowest BCUT2D eigenvalue weighted by atomic mass is 10.2. The molecular formula is C12H22N2O3S2. The Kier molecular flexibility index (Phi) is 5.91. The van der Waals surface area contributed by atoms with Crippen LogP contribution in [0.15, 0.2) is 9.31 Å². The summed E-state index contributed by atoms with van der Waals surface area (Å²) in [5, 5.41) is 0. The second-order valence-electron chi connectivity index (χ2n) is 4.53. The van der Waals surface area contributed by atoms with E-state index in [1.165, 1.54) is 0 Å². The molecule has 1 aromatic rings. The van der Waals surface area contributed by atoms with E-state index in [0.717, 1.165) is 12.2 Å². The second kappa shape index (κ2) is 6.78. The maximum Gasteiger partial charge on any atom is 0.244 e. The Bertz CT molecular complexity index is 523. The summed E-state index contributed by atoms with van der Waals surface area (Å²) in [7, 11) is -3.58. The van der Waals surface area contributed by atoms with Gasteiger partial charge in [0, 0.05) is 18.2 Å². The number of rotatable bonds is 7. The van der Waals surface area contributed by atoms with Gasteiger partial charge in [0.1, 0.15) is 16.4 Å². The zero-order chi connectivity index (χ0) is 14.6. The molecule has 0 amide bonds. The van der Waals surface area contributed by atoms with Crippen molar-refractivity contribution in [1.82, 2.24) is 4.72 Å². The molecular weight excluding hydrogens is 284 g/mol. The van der Waals surface area contributed by atoms with Gasteiger partial charge in [0.2, 0.25) is 10.0 Å². The molecule has 0 aliphatic heterocycles. The Balaban J connectivity index is 3.01. The van der Waals surface area contributed by atoms with Gasteiger partial charge in [-0.3, -0.25) is 0 Å². The molecule has 0 aromatic carbocycles. The minimum absolute atomic E-state index is 0.113. The van der Waals surface area contributed by atoms with E-state index >= 15 is 0 Å². The molecule has 19 heavy (non-hydrogen) atoms. The SMILES string of the molecule is CSCCC(C)NS(=O)(=O)c1c(C)oc(C)c1CN. The Labute approximate surface area is 119 Å². The minimum Gasteiger partial charge on any atom is -0.465 e. The van der Waals surface area contributed by atoms with Gasteiger partial charge < -0.3 is 10.2 Å². The van der Waals surface area contributed by atoms with Crippen molar-refractivity contribution in [2.24, 2.45) is 5.73 Å². The molecule has 0 aliphatic rings. The van der Waals surface area contributed by atoms with E-state index in [1.807, 2.05) is 13.2 Å². The zero-order valence-electron chi connectivity index (χ0n) is 11.8. The summed E-state index contributed by atoms with van der Waals surface area (Å²) in [6.07, 6.45) is 2.78. The van der Waals surface area contributed by atoms with E-state index in [1.54, 1.807) is 25.6 Å². The monoisotopic (exact) mass is 306 g/mol. The first-order chi connectivity index (χ1) is 8.83. The zero-order valence-corrected chi connectivity index (χ0v) is 13.5. The highest BCUT2D eigenvalue weighted by molar-refractivity contribution is 7.98. The summed E-state index contributed by atoms with van der Waals surface area (Å²) in [4.78, 5) is 0.198. The summed E-state index contributed by atoms with van der Waals surface area (Å²) in [5.41, 5.74) is 6.17. The average Bonchev–Trinajstić information content (AvgIpc) is 2.60. The van der Waals surface area contributed by atoms with E-state index in [4.69, 9.17) is 10.2 Å². The molecule has 5 nitrogen and oxygen atoms in total. The van der Waals surface area contributed by atoms with Gasteiger partial charge >= 0.3 is 0 Å². The van der Waals surface area contributed by atoms with Gasteiger partial charge in [-0.05, 0) is 39.2 Å². The fourth-order valence-electron chi connectivity index (χ4n) is 1.98. The maximum atomic E-state index is 12.4. The number of nitrogens with two attached hydrogens (primary N) is 1. The van der Waals surface area contributed by atoms with Crippen LogP contribution in [-0.4, -0.2) is 26.5 Å². The smallest absolute Gasteiger partial charge is 0.244 e. The minimum atomic E-state index is -3.58. The van der Waals surface area contributed by atoms with Crippen LogP contribution in [0, 0.1) is 13.8 Å². The van der Waals surface area contributed by atoms with Crippen molar-refractivity contribution in [1.29, 1.82) is 0 Å². The topological polar surface area (TPSA) is 85.3 Å². The first-order valence-electron chi connectivity index (χ1n) is 6.13. The Morgan fingerprint density at radius 2 is 2.00 bits per heavy atom. The van der Waals surface area contributed by atoms with Crippen LogP contribution < -0.4 is 10.5 Å². The van der Waals surface area contributed by atoms with Crippen LogP contribution >= 0.6 is 11.8 Å². The largest absolute Gasteiger partial charge is 0.465 e. The van der Waals surface area contributed by atoms with Gasteiger partial charge in [-0.1, -0.05) is 0 Å². The molecule has 0 spiro atoms. The van der Waals surface area contributed by atoms with E-state index in [0.29, 0.717) is 17.1 Å². The van der Waals surface area contributed by atoms with Crippen LogP contribution in [-0.2, 0) is 16.6 Å².